The molecule has 1 aromatic heterocycles. The molecule has 2 rings (SSSR count). The molecule has 0 saturated carbocycles. The monoisotopic (exact) mass is 297 g/mol. The fraction of sp³-hybridized carbons (Fsp3) is 0.364. The van der Waals surface area contributed by atoms with E-state index in [1.807, 2.05) is 13.8 Å². The third-order valence-corrected chi connectivity index (χ3v) is 4.30. The van der Waals surface area contributed by atoms with Gasteiger partial charge in [-0.3, -0.25) is 0 Å². The van der Waals surface area contributed by atoms with Crippen molar-refractivity contribution in [1.82, 2.24) is 25.3 Å². The van der Waals surface area contributed by atoms with Gasteiger partial charge in [0.2, 0.25) is 10.0 Å². The minimum absolute atomic E-state index is 0.0467. The largest absolute Gasteiger partial charge is 0.495 e. The maximum Gasteiger partial charge on any atom is 0.244 e. The lowest BCUT2D eigenvalue weighted by Gasteiger charge is -2.12. The molecule has 108 valence electrons. The van der Waals surface area contributed by atoms with Crippen LogP contribution in [0.4, 0.5) is 0 Å². The van der Waals surface area contributed by atoms with Gasteiger partial charge in [-0.2, -0.15) is 5.21 Å². The van der Waals surface area contributed by atoms with Crippen molar-refractivity contribution in [2.24, 2.45) is 0 Å². The van der Waals surface area contributed by atoms with Crippen molar-refractivity contribution in [3.8, 4) is 5.75 Å². The molecule has 1 heterocycles. The molecule has 8 nitrogen and oxygen atoms in total. The van der Waals surface area contributed by atoms with Gasteiger partial charge in [-0.1, -0.05) is 5.21 Å². The highest BCUT2D eigenvalue weighted by Crippen LogP contribution is 2.27. The summed E-state index contributed by atoms with van der Waals surface area (Å²) in [5.74, 6) is 0.560. The molecule has 1 aromatic carbocycles. The van der Waals surface area contributed by atoms with Gasteiger partial charge < -0.3 is 4.74 Å². The zero-order valence-electron chi connectivity index (χ0n) is 11.3. The van der Waals surface area contributed by atoms with E-state index in [0.29, 0.717) is 5.75 Å². The minimum Gasteiger partial charge on any atom is -0.495 e. The van der Waals surface area contributed by atoms with Crippen molar-refractivity contribution in [2.45, 2.75) is 25.3 Å². The summed E-state index contributed by atoms with van der Waals surface area (Å²) in [5.41, 5.74) is 1.82. The molecule has 0 aliphatic carbocycles. The predicted molar refractivity (Wildman–Crippen MR) is 70.7 cm³/mol. The van der Waals surface area contributed by atoms with Crippen molar-refractivity contribution >= 4 is 10.0 Å². The molecule has 20 heavy (non-hydrogen) atoms. The fourth-order valence-corrected chi connectivity index (χ4v) is 2.84. The van der Waals surface area contributed by atoms with Crippen LogP contribution in [0.5, 0.6) is 5.75 Å². The van der Waals surface area contributed by atoms with E-state index in [2.05, 4.69) is 25.3 Å². The van der Waals surface area contributed by atoms with Crippen LogP contribution in [-0.2, 0) is 16.6 Å². The number of aromatic nitrogens is 4. The molecule has 0 spiro atoms. The topological polar surface area (TPSA) is 110 Å². The van der Waals surface area contributed by atoms with E-state index in [9.17, 15) is 8.42 Å². The average molecular weight is 297 g/mol. The molecule has 0 atom stereocenters. The molecule has 0 amide bonds. The Bertz CT molecular complexity index is 697. The predicted octanol–water partition coefficient (Wildman–Crippen LogP) is 0.304. The average Bonchev–Trinajstić information content (AvgIpc) is 2.92. The lowest BCUT2D eigenvalue weighted by molar-refractivity contribution is 0.401. The quantitative estimate of drug-likeness (QED) is 0.821. The molecule has 0 aliphatic rings. The van der Waals surface area contributed by atoms with Gasteiger partial charge in [0.15, 0.2) is 5.82 Å². The van der Waals surface area contributed by atoms with Crippen LogP contribution in [0.25, 0.3) is 0 Å². The molecular formula is C11H15N5O3S. The Morgan fingerprint density at radius 2 is 2.00 bits per heavy atom. The highest BCUT2D eigenvalue weighted by molar-refractivity contribution is 7.89. The number of rotatable bonds is 5. The molecule has 9 heteroatoms. The first-order chi connectivity index (χ1) is 9.44. The molecular weight excluding hydrogens is 282 g/mol. The first-order valence-electron chi connectivity index (χ1n) is 5.81. The lowest BCUT2D eigenvalue weighted by Crippen LogP contribution is -2.24. The number of tetrazole rings is 1. The Morgan fingerprint density at radius 3 is 2.60 bits per heavy atom. The molecule has 0 fully saturated rings. The Labute approximate surface area is 116 Å². The standard InChI is InChI=1S/C11H15N5O3S/c1-7-4-9(19-3)10(5-8(7)2)20(17,18)12-6-11-13-15-16-14-11/h4-5,12H,6H2,1-3H3,(H,13,14,15,16). The number of hydrogen-bond acceptors (Lipinski definition) is 6. The van der Waals surface area contributed by atoms with Gasteiger partial charge in [0.25, 0.3) is 0 Å². The van der Waals surface area contributed by atoms with E-state index < -0.39 is 10.0 Å². The SMILES string of the molecule is COc1cc(C)c(C)cc1S(=O)(=O)NCc1nn[nH]n1. The normalized spacial score (nSPS) is 11.6. The Hall–Kier alpha value is -2.00. The zero-order chi connectivity index (χ0) is 14.8. The summed E-state index contributed by atoms with van der Waals surface area (Å²) >= 11 is 0. The minimum atomic E-state index is -3.72. The van der Waals surface area contributed by atoms with Gasteiger partial charge >= 0.3 is 0 Å². The summed E-state index contributed by atoms with van der Waals surface area (Å²) in [7, 11) is -2.28. The number of nitrogens with one attached hydrogen (secondary N) is 2. The highest BCUT2D eigenvalue weighted by Gasteiger charge is 2.21. The summed E-state index contributed by atoms with van der Waals surface area (Å²) in [6, 6.07) is 3.27. The van der Waals surface area contributed by atoms with Crippen LogP contribution in [0.3, 0.4) is 0 Å². The molecule has 0 radical (unpaired) electrons. The number of benzene rings is 1. The number of ether oxygens (including phenoxy) is 1. The summed E-state index contributed by atoms with van der Waals surface area (Å²) in [5, 5.41) is 13.0. The molecule has 2 aromatic rings. The Balaban J connectivity index is 2.31. The lowest BCUT2D eigenvalue weighted by atomic mass is 10.1. The van der Waals surface area contributed by atoms with Crippen molar-refractivity contribution in [3.05, 3.63) is 29.1 Å². The van der Waals surface area contributed by atoms with E-state index in [-0.39, 0.29) is 17.3 Å². The molecule has 0 unspecified atom stereocenters. The Morgan fingerprint density at radius 1 is 1.30 bits per heavy atom. The van der Waals surface area contributed by atoms with Crippen LogP contribution in [-0.4, -0.2) is 36.2 Å². The number of aromatic amines is 1. The molecule has 2 N–H and O–H groups in total. The van der Waals surface area contributed by atoms with Crippen molar-refractivity contribution in [2.75, 3.05) is 7.11 Å². The summed E-state index contributed by atoms with van der Waals surface area (Å²) < 4.78 is 32.1. The number of methoxy groups -OCH3 is 1. The second kappa shape index (κ2) is 5.55. The van der Waals surface area contributed by atoms with E-state index in [4.69, 9.17) is 4.74 Å². The maximum absolute atomic E-state index is 12.3. The summed E-state index contributed by atoms with van der Waals surface area (Å²) in [6.07, 6.45) is 0. The van der Waals surface area contributed by atoms with E-state index in [1.165, 1.54) is 7.11 Å². The van der Waals surface area contributed by atoms with Gasteiger partial charge in [-0.15, -0.1) is 10.2 Å². The number of sulfonamides is 1. The van der Waals surface area contributed by atoms with Crippen LogP contribution in [0.2, 0.25) is 0 Å². The molecule has 0 bridgehead atoms. The highest BCUT2D eigenvalue weighted by atomic mass is 32.2. The zero-order valence-corrected chi connectivity index (χ0v) is 12.2. The van der Waals surface area contributed by atoms with E-state index in [0.717, 1.165) is 11.1 Å². The maximum atomic E-state index is 12.3. The third-order valence-electron chi connectivity index (χ3n) is 2.88. The smallest absolute Gasteiger partial charge is 0.244 e. The van der Waals surface area contributed by atoms with Gasteiger partial charge in [-0.25, -0.2) is 13.1 Å². The molecule has 0 saturated heterocycles. The van der Waals surface area contributed by atoms with Gasteiger partial charge in [0, 0.05) is 0 Å². The van der Waals surface area contributed by atoms with Crippen LogP contribution < -0.4 is 9.46 Å². The molecule has 0 aliphatic heterocycles. The summed E-state index contributed by atoms with van der Waals surface area (Å²) in [4.78, 5) is 0.0894. The number of H-pyrrole nitrogens is 1. The number of nitrogens with zero attached hydrogens (tertiary/aromatic N) is 3. The van der Waals surface area contributed by atoms with Crippen molar-refractivity contribution in [3.63, 3.8) is 0 Å². The number of hydrogen-bond donors (Lipinski definition) is 2. The fourth-order valence-electron chi connectivity index (χ4n) is 1.63. The number of aryl methyl sites for hydroxylation is 2. The van der Waals surface area contributed by atoms with Crippen LogP contribution in [0, 0.1) is 13.8 Å². The first kappa shape index (κ1) is 14.4. The summed E-state index contributed by atoms with van der Waals surface area (Å²) in [6.45, 7) is 3.68. The van der Waals surface area contributed by atoms with Crippen LogP contribution in [0.15, 0.2) is 17.0 Å². The van der Waals surface area contributed by atoms with Crippen molar-refractivity contribution < 1.29 is 13.2 Å². The second-order valence-electron chi connectivity index (χ2n) is 4.24. The van der Waals surface area contributed by atoms with Crippen molar-refractivity contribution in [1.29, 1.82) is 0 Å². The van der Waals surface area contributed by atoms with Gasteiger partial charge in [0.1, 0.15) is 10.6 Å². The Kier molecular flexibility index (Phi) is 4.00. The van der Waals surface area contributed by atoms with Gasteiger partial charge in [0.05, 0.1) is 13.7 Å². The van der Waals surface area contributed by atoms with E-state index >= 15 is 0 Å². The van der Waals surface area contributed by atoms with Gasteiger partial charge in [-0.05, 0) is 37.1 Å². The van der Waals surface area contributed by atoms with Crippen LogP contribution in [0.1, 0.15) is 17.0 Å². The second-order valence-corrected chi connectivity index (χ2v) is 5.98. The van der Waals surface area contributed by atoms with Crippen LogP contribution >= 0.6 is 0 Å². The third kappa shape index (κ3) is 2.94. The first-order valence-corrected chi connectivity index (χ1v) is 7.29. The van der Waals surface area contributed by atoms with E-state index in [1.54, 1.807) is 12.1 Å².